The van der Waals surface area contributed by atoms with Crippen LogP contribution in [0.25, 0.3) is 11.1 Å². The number of halogens is 1. The summed E-state index contributed by atoms with van der Waals surface area (Å²) >= 11 is 0. The maximum Gasteiger partial charge on any atom is 0.166 e. The molecule has 2 bridgehead atoms. The largest absolute Gasteiger partial charge is 0.482 e. The fraction of sp³-hybridized carbons (Fsp3) is 0.318. The Labute approximate surface area is 173 Å². The van der Waals surface area contributed by atoms with Gasteiger partial charge in [0.1, 0.15) is 23.7 Å². The monoisotopic (exact) mass is 404 g/mol. The minimum absolute atomic E-state index is 0.210. The number of anilines is 2. The molecule has 0 aliphatic carbocycles. The number of nitrogens with zero attached hydrogens (tertiary/aromatic N) is 5. The highest BCUT2D eigenvalue weighted by Crippen LogP contribution is 2.40. The summed E-state index contributed by atoms with van der Waals surface area (Å²) in [4.78, 5) is 6.55. The average molecular weight is 404 g/mol. The Kier molecular flexibility index (Phi) is 4.13. The predicted molar refractivity (Wildman–Crippen MR) is 110 cm³/mol. The molecule has 1 fully saturated rings. The van der Waals surface area contributed by atoms with Crippen molar-refractivity contribution in [2.24, 2.45) is 7.05 Å². The topological polar surface area (TPSA) is 93.0 Å². The van der Waals surface area contributed by atoms with Crippen LogP contribution in [-0.4, -0.2) is 27.4 Å². The molecule has 0 amide bonds. The molecule has 2 atom stereocenters. The van der Waals surface area contributed by atoms with Gasteiger partial charge in [-0.2, -0.15) is 10.4 Å². The van der Waals surface area contributed by atoms with E-state index in [1.165, 1.54) is 12.1 Å². The van der Waals surface area contributed by atoms with Gasteiger partial charge in [0.15, 0.2) is 11.6 Å². The Hall–Kier alpha value is -3.60. The first-order valence-corrected chi connectivity index (χ1v) is 9.91. The van der Waals surface area contributed by atoms with E-state index in [0.29, 0.717) is 17.9 Å². The summed E-state index contributed by atoms with van der Waals surface area (Å²) in [6, 6.07) is 9.06. The van der Waals surface area contributed by atoms with Crippen molar-refractivity contribution in [3.05, 3.63) is 53.2 Å². The molecule has 2 aliphatic rings. The van der Waals surface area contributed by atoms with Crippen LogP contribution in [0.4, 0.5) is 15.9 Å². The molecule has 7 nitrogen and oxygen atoms in total. The van der Waals surface area contributed by atoms with Crippen molar-refractivity contribution in [3.8, 4) is 22.9 Å². The lowest BCUT2D eigenvalue weighted by Gasteiger charge is -2.44. The van der Waals surface area contributed by atoms with Crippen LogP contribution in [0.15, 0.2) is 30.5 Å². The van der Waals surface area contributed by atoms with Gasteiger partial charge in [0.2, 0.25) is 0 Å². The van der Waals surface area contributed by atoms with Crippen molar-refractivity contribution >= 4 is 11.5 Å². The smallest absolute Gasteiger partial charge is 0.166 e. The molecular formula is C22H21FN6O. The van der Waals surface area contributed by atoms with Crippen LogP contribution in [0.3, 0.4) is 0 Å². The number of aryl methyl sites for hydroxylation is 1. The van der Waals surface area contributed by atoms with E-state index in [2.05, 4.69) is 21.1 Å². The van der Waals surface area contributed by atoms with Gasteiger partial charge >= 0.3 is 0 Å². The molecule has 0 saturated carbocycles. The Bertz CT molecular complexity index is 1200. The molecular weight excluding hydrogens is 383 g/mol. The highest BCUT2D eigenvalue weighted by atomic mass is 19.1. The molecule has 1 saturated heterocycles. The minimum Gasteiger partial charge on any atom is -0.482 e. The number of pyridine rings is 1. The molecule has 3 aromatic rings. The maximum absolute atomic E-state index is 14.1. The van der Waals surface area contributed by atoms with Crippen molar-refractivity contribution in [3.63, 3.8) is 0 Å². The molecule has 2 aliphatic heterocycles. The normalized spacial score (nSPS) is 19.7. The van der Waals surface area contributed by atoms with Crippen molar-refractivity contribution in [1.82, 2.24) is 14.8 Å². The van der Waals surface area contributed by atoms with Gasteiger partial charge < -0.3 is 15.4 Å². The summed E-state index contributed by atoms with van der Waals surface area (Å²) in [5.74, 6) is 0.333. The Morgan fingerprint density at radius 3 is 2.90 bits per heavy atom. The zero-order valence-electron chi connectivity index (χ0n) is 16.8. The molecule has 2 aromatic heterocycles. The van der Waals surface area contributed by atoms with Crippen LogP contribution in [0.1, 0.15) is 36.4 Å². The second-order valence-corrected chi connectivity index (χ2v) is 7.82. The van der Waals surface area contributed by atoms with Crippen molar-refractivity contribution in [2.75, 3.05) is 17.2 Å². The van der Waals surface area contributed by atoms with E-state index < -0.39 is 6.10 Å². The molecule has 5 rings (SSSR count). The van der Waals surface area contributed by atoms with Crippen LogP contribution >= 0.6 is 0 Å². The van der Waals surface area contributed by atoms with Gasteiger partial charge in [-0.05, 0) is 37.6 Å². The fourth-order valence-electron chi connectivity index (χ4n) is 4.40. The van der Waals surface area contributed by atoms with Crippen LogP contribution in [-0.2, 0) is 13.5 Å². The number of aromatic nitrogens is 3. The van der Waals surface area contributed by atoms with Crippen LogP contribution in [0.2, 0.25) is 0 Å². The molecule has 30 heavy (non-hydrogen) atoms. The Balaban J connectivity index is 1.73. The quantitative estimate of drug-likeness (QED) is 0.618. The van der Waals surface area contributed by atoms with Crippen LogP contribution < -0.4 is 15.4 Å². The number of benzene rings is 1. The average Bonchev–Trinajstić information content (AvgIpc) is 3.02. The molecule has 4 heterocycles. The third kappa shape index (κ3) is 2.77. The molecule has 152 valence electrons. The standard InChI is InChI=1S/C22H21FN6O/c1-12-16-8-14(23)3-4-18(16)29-6-5-15(29)9-17-21(19(10-24)28(2)27-17)13-7-20(30-12)22(25)26-11-13/h3-4,7-8,11-12,15H,5-6,9H2,1-2H3,(H2,25,26)/t12-,15?/m1/s1. The minimum atomic E-state index is -0.431. The number of nitrogens with two attached hydrogens (primary N) is 1. The van der Waals surface area contributed by atoms with Gasteiger partial charge in [-0.15, -0.1) is 0 Å². The van der Waals surface area contributed by atoms with E-state index >= 15 is 0 Å². The number of hydrogen-bond donors (Lipinski definition) is 1. The summed E-state index contributed by atoms with van der Waals surface area (Å²) in [6.07, 6.45) is 2.89. The number of rotatable bonds is 0. The molecule has 0 radical (unpaired) electrons. The van der Waals surface area contributed by atoms with Crippen molar-refractivity contribution in [2.45, 2.75) is 31.9 Å². The van der Waals surface area contributed by atoms with Crippen molar-refractivity contribution < 1.29 is 9.13 Å². The van der Waals surface area contributed by atoms with E-state index in [4.69, 9.17) is 10.5 Å². The highest BCUT2D eigenvalue weighted by molar-refractivity contribution is 5.74. The zero-order valence-corrected chi connectivity index (χ0v) is 16.8. The van der Waals surface area contributed by atoms with Crippen molar-refractivity contribution in [1.29, 1.82) is 5.26 Å². The molecule has 8 heteroatoms. The van der Waals surface area contributed by atoms with Gasteiger partial charge in [-0.3, -0.25) is 4.68 Å². The fourth-order valence-corrected chi connectivity index (χ4v) is 4.40. The second kappa shape index (κ2) is 6.73. The highest BCUT2D eigenvalue weighted by Gasteiger charge is 2.34. The van der Waals surface area contributed by atoms with Gasteiger partial charge in [0, 0.05) is 54.6 Å². The molecule has 0 spiro atoms. The van der Waals surface area contributed by atoms with E-state index in [-0.39, 0.29) is 17.7 Å². The molecule has 1 aromatic carbocycles. The van der Waals surface area contributed by atoms with E-state index in [0.717, 1.165) is 41.0 Å². The lowest BCUT2D eigenvalue weighted by atomic mass is 9.91. The molecule has 2 N–H and O–H groups in total. The molecule has 1 unspecified atom stereocenters. The Morgan fingerprint density at radius 2 is 2.17 bits per heavy atom. The summed E-state index contributed by atoms with van der Waals surface area (Å²) in [5.41, 5.74) is 10.6. The lowest BCUT2D eigenvalue weighted by molar-refractivity contribution is 0.226. The summed E-state index contributed by atoms with van der Waals surface area (Å²) < 4.78 is 21.9. The van der Waals surface area contributed by atoms with Gasteiger partial charge in [-0.1, -0.05) is 0 Å². The summed E-state index contributed by atoms with van der Waals surface area (Å²) in [6.45, 7) is 2.75. The second-order valence-electron chi connectivity index (χ2n) is 7.82. The summed E-state index contributed by atoms with van der Waals surface area (Å²) in [7, 11) is 1.77. The maximum atomic E-state index is 14.1. The first-order chi connectivity index (χ1) is 14.5. The lowest BCUT2D eigenvalue weighted by Crippen LogP contribution is -2.49. The van der Waals surface area contributed by atoms with Gasteiger partial charge in [0.25, 0.3) is 0 Å². The zero-order chi connectivity index (χ0) is 21.0. The SMILES string of the molecule is C[C@H]1Oc2cc(cnc2N)-c2c(nn(C)c2C#N)CC2CCN2c2ccc(F)cc21. The Morgan fingerprint density at radius 1 is 1.33 bits per heavy atom. The number of nitriles is 1. The first kappa shape index (κ1) is 18.4. The first-order valence-electron chi connectivity index (χ1n) is 9.91. The van der Waals surface area contributed by atoms with E-state index in [1.807, 2.05) is 6.92 Å². The number of fused-ring (bicyclic) bond motifs is 7. The summed E-state index contributed by atoms with van der Waals surface area (Å²) in [5, 5.41) is 14.4. The van der Waals surface area contributed by atoms with Crippen LogP contribution in [0, 0.1) is 17.1 Å². The predicted octanol–water partition coefficient (Wildman–Crippen LogP) is 3.35. The third-order valence-electron chi connectivity index (χ3n) is 6.01. The number of nitrogen functional groups attached to an aromatic ring is 1. The van der Waals surface area contributed by atoms with Crippen LogP contribution in [0.5, 0.6) is 5.75 Å². The number of ether oxygens (including phenoxy) is 1. The van der Waals surface area contributed by atoms with E-state index in [9.17, 15) is 9.65 Å². The van der Waals surface area contributed by atoms with Gasteiger partial charge in [0.05, 0.1) is 5.69 Å². The number of hydrogen-bond acceptors (Lipinski definition) is 6. The van der Waals surface area contributed by atoms with Gasteiger partial charge in [-0.25, -0.2) is 9.37 Å². The van der Waals surface area contributed by atoms with E-state index in [1.54, 1.807) is 30.1 Å². The third-order valence-corrected chi connectivity index (χ3v) is 6.01.